The van der Waals surface area contributed by atoms with Gasteiger partial charge in [0.1, 0.15) is 0 Å². The standard InChI is InChI=1S/C19H35N3O/c1-2-18(23-15-1)16-21-11-13-22(14-12-21)17-3-5-19(6-4-17)7-9-20-10-8-19/h17-18,20H,1-16H2/t18-/m1/s1. The number of nitrogens with one attached hydrogen (secondary N) is 1. The highest BCUT2D eigenvalue weighted by atomic mass is 16.5. The van der Waals surface area contributed by atoms with Crippen LogP contribution in [0.5, 0.6) is 0 Å². The summed E-state index contributed by atoms with van der Waals surface area (Å²) >= 11 is 0. The molecule has 1 saturated carbocycles. The Morgan fingerprint density at radius 3 is 2.30 bits per heavy atom. The molecule has 1 N–H and O–H groups in total. The number of piperazine rings is 1. The van der Waals surface area contributed by atoms with Gasteiger partial charge in [0.2, 0.25) is 0 Å². The predicted molar refractivity (Wildman–Crippen MR) is 93.8 cm³/mol. The maximum atomic E-state index is 5.80. The molecule has 1 atom stereocenters. The molecule has 1 aliphatic carbocycles. The zero-order valence-electron chi connectivity index (χ0n) is 14.8. The highest BCUT2D eigenvalue weighted by Gasteiger charge is 2.38. The second-order valence-corrected chi connectivity index (χ2v) is 8.45. The topological polar surface area (TPSA) is 27.7 Å². The Bertz CT molecular complexity index is 359. The predicted octanol–water partition coefficient (Wildman–Crippen LogP) is 2.10. The van der Waals surface area contributed by atoms with Crippen molar-refractivity contribution in [3.05, 3.63) is 0 Å². The summed E-state index contributed by atoms with van der Waals surface area (Å²) < 4.78 is 5.80. The first-order valence-electron chi connectivity index (χ1n) is 10.1. The van der Waals surface area contributed by atoms with Gasteiger partial charge < -0.3 is 10.1 Å². The van der Waals surface area contributed by atoms with Crippen LogP contribution < -0.4 is 5.32 Å². The number of nitrogens with zero attached hydrogens (tertiary/aromatic N) is 2. The quantitative estimate of drug-likeness (QED) is 0.861. The number of ether oxygens (including phenoxy) is 1. The number of piperidine rings is 1. The Kier molecular flexibility index (Phi) is 5.24. The molecule has 4 aliphatic rings. The minimum Gasteiger partial charge on any atom is -0.377 e. The summed E-state index contributed by atoms with van der Waals surface area (Å²) in [6, 6.07) is 0.875. The second-order valence-electron chi connectivity index (χ2n) is 8.45. The van der Waals surface area contributed by atoms with Gasteiger partial charge >= 0.3 is 0 Å². The summed E-state index contributed by atoms with van der Waals surface area (Å²) in [7, 11) is 0. The molecule has 3 aliphatic heterocycles. The first-order chi connectivity index (χ1) is 11.3. The Hall–Kier alpha value is -0.160. The summed E-state index contributed by atoms with van der Waals surface area (Å²) in [5, 5.41) is 3.54. The van der Waals surface area contributed by atoms with Crippen LogP contribution in [0.25, 0.3) is 0 Å². The fourth-order valence-corrected chi connectivity index (χ4v) is 5.42. The zero-order valence-corrected chi connectivity index (χ0v) is 14.8. The SMILES string of the molecule is C1CO[C@@H](CN2CCN(C3CCC4(CCNCC4)CC3)CC2)C1. The molecule has 0 amide bonds. The fraction of sp³-hybridized carbons (Fsp3) is 1.00. The fourth-order valence-electron chi connectivity index (χ4n) is 5.42. The Balaban J connectivity index is 1.20. The van der Waals surface area contributed by atoms with E-state index in [2.05, 4.69) is 15.1 Å². The zero-order chi connectivity index (χ0) is 15.5. The number of hydrogen-bond donors (Lipinski definition) is 1. The third kappa shape index (κ3) is 3.92. The van der Waals surface area contributed by atoms with E-state index in [4.69, 9.17) is 4.74 Å². The van der Waals surface area contributed by atoms with Crippen LogP contribution in [-0.4, -0.2) is 74.4 Å². The smallest absolute Gasteiger partial charge is 0.0702 e. The first-order valence-corrected chi connectivity index (χ1v) is 10.1. The van der Waals surface area contributed by atoms with E-state index in [0.717, 1.165) is 12.6 Å². The van der Waals surface area contributed by atoms with Crippen molar-refractivity contribution < 1.29 is 4.74 Å². The number of rotatable bonds is 3. The molecule has 4 fully saturated rings. The minimum absolute atomic E-state index is 0.524. The molecule has 0 aromatic rings. The van der Waals surface area contributed by atoms with Crippen molar-refractivity contribution in [3.8, 4) is 0 Å². The lowest BCUT2D eigenvalue weighted by atomic mass is 9.67. The van der Waals surface area contributed by atoms with E-state index >= 15 is 0 Å². The highest BCUT2D eigenvalue weighted by Crippen LogP contribution is 2.44. The molecule has 4 heteroatoms. The largest absolute Gasteiger partial charge is 0.377 e. The van der Waals surface area contributed by atoms with Gasteiger partial charge in [-0.3, -0.25) is 9.80 Å². The molecule has 23 heavy (non-hydrogen) atoms. The third-order valence-corrected chi connectivity index (χ3v) is 7.09. The number of hydrogen-bond acceptors (Lipinski definition) is 4. The Morgan fingerprint density at radius 2 is 1.65 bits per heavy atom. The average Bonchev–Trinajstić information content (AvgIpc) is 3.10. The summed E-state index contributed by atoms with van der Waals surface area (Å²) in [6.45, 7) is 9.76. The second kappa shape index (κ2) is 7.38. The van der Waals surface area contributed by atoms with Crippen LogP contribution in [0.3, 0.4) is 0 Å². The first kappa shape index (κ1) is 16.3. The normalized spacial score (nSPS) is 34.2. The lowest BCUT2D eigenvalue weighted by Crippen LogP contribution is -2.53. The van der Waals surface area contributed by atoms with Gasteiger partial charge in [-0.05, 0) is 69.9 Å². The van der Waals surface area contributed by atoms with Gasteiger partial charge in [-0.2, -0.15) is 0 Å². The van der Waals surface area contributed by atoms with Crippen LogP contribution in [0.15, 0.2) is 0 Å². The third-order valence-electron chi connectivity index (χ3n) is 7.09. The van der Waals surface area contributed by atoms with Crippen LogP contribution in [0, 0.1) is 5.41 Å². The molecule has 0 radical (unpaired) electrons. The van der Waals surface area contributed by atoms with Crippen LogP contribution in [0.4, 0.5) is 0 Å². The van der Waals surface area contributed by atoms with Gasteiger partial charge in [0.05, 0.1) is 6.10 Å². The van der Waals surface area contributed by atoms with E-state index in [0.29, 0.717) is 11.5 Å². The highest BCUT2D eigenvalue weighted by molar-refractivity contribution is 4.93. The van der Waals surface area contributed by atoms with Crippen molar-refractivity contribution in [2.45, 2.75) is 63.5 Å². The summed E-state index contributed by atoms with van der Waals surface area (Å²) in [5.41, 5.74) is 0.712. The molecule has 0 bridgehead atoms. The van der Waals surface area contributed by atoms with Gasteiger partial charge in [-0.25, -0.2) is 0 Å². The summed E-state index contributed by atoms with van der Waals surface area (Å²) in [5.74, 6) is 0. The van der Waals surface area contributed by atoms with E-state index in [-0.39, 0.29) is 0 Å². The molecule has 3 heterocycles. The molecule has 3 saturated heterocycles. The monoisotopic (exact) mass is 321 g/mol. The molecule has 4 nitrogen and oxygen atoms in total. The van der Waals surface area contributed by atoms with Gasteiger partial charge in [-0.15, -0.1) is 0 Å². The van der Waals surface area contributed by atoms with E-state index in [1.165, 1.54) is 97.2 Å². The molecule has 1 spiro atoms. The van der Waals surface area contributed by atoms with Gasteiger partial charge in [0.15, 0.2) is 0 Å². The maximum Gasteiger partial charge on any atom is 0.0702 e. The van der Waals surface area contributed by atoms with Crippen LogP contribution in [0.1, 0.15) is 51.4 Å². The van der Waals surface area contributed by atoms with Crippen LogP contribution in [0.2, 0.25) is 0 Å². The van der Waals surface area contributed by atoms with Crippen molar-refractivity contribution in [1.82, 2.24) is 15.1 Å². The lowest BCUT2D eigenvalue weighted by molar-refractivity contribution is 0.0175. The molecule has 0 aromatic carbocycles. The lowest BCUT2D eigenvalue weighted by Gasteiger charge is -2.47. The van der Waals surface area contributed by atoms with Crippen molar-refractivity contribution in [3.63, 3.8) is 0 Å². The van der Waals surface area contributed by atoms with Crippen molar-refractivity contribution in [2.75, 3.05) is 52.4 Å². The average molecular weight is 322 g/mol. The van der Waals surface area contributed by atoms with Crippen molar-refractivity contribution in [2.24, 2.45) is 5.41 Å². The van der Waals surface area contributed by atoms with Gasteiger partial charge in [0.25, 0.3) is 0 Å². The molecule has 4 rings (SSSR count). The Labute approximate surface area is 141 Å². The van der Waals surface area contributed by atoms with Crippen molar-refractivity contribution >= 4 is 0 Å². The van der Waals surface area contributed by atoms with Gasteiger partial charge in [0, 0.05) is 45.4 Å². The summed E-state index contributed by atoms with van der Waals surface area (Å²) in [6.07, 6.45) is 11.8. The summed E-state index contributed by atoms with van der Waals surface area (Å²) in [4.78, 5) is 5.45. The van der Waals surface area contributed by atoms with E-state index < -0.39 is 0 Å². The van der Waals surface area contributed by atoms with Crippen LogP contribution in [-0.2, 0) is 4.74 Å². The van der Waals surface area contributed by atoms with E-state index in [1.54, 1.807) is 0 Å². The molecule has 0 aromatic heterocycles. The molecular formula is C19H35N3O. The minimum atomic E-state index is 0.524. The van der Waals surface area contributed by atoms with Gasteiger partial charge in [-0.1, -0.05) is 0 Å². The van der Waals surface area contributed by atoms with Crippen LogP contribution >= 0.6 is 0 Å². The maximum absolute atomic E-state index is 5.80. The molecule has 132 valence electrons. The molecule has 0 unspecified atom stereocenters. The van der Waals surface area contributed by atoms with E-state index in [9.17, 15) is 0 Å². The van der Waals surface area contributed by atoms with E-state index in [1.807, 2.05) is 0 Å². The van der Waals surface area contributed by atoms with Crippen molar-refractivity contribution in [1.29, 1.82) is 0 Å². The Morgan fingerprint density at radius 1 is 0.913 bits per heavy atom. The molecular weight excluding hydrogens is 286 g/mol.